The minimum atomic E-state index is 0.947. The molecular weight excluding hydrogens is 254 g/mol. The van der Waals surface area contributed by atoms with Gasteiger partial charge in [-0.15, -0.1) is 11.3 Å². The first-order valence-electron chi connectivity index (χ1n) is 6.75. The van der Waals surface area contributed by atoms with Crippen molar-refractivity contribution >= 4 is 17.0 Å². The molecule has 0 atom stereocenters. The van der Waals surface area contributed by atoms with Crippen LogP contribution >= 0.6 is 11.3 Å². The van der Waals surface area contributed by atoms with Crippen molar-refractivity contribution in [3.8, 4) is 0 Å². The van der Waals surface area contributed by atoms with Crippen LogP contribution in [0.25, 0.3) is 0 Å². The lowest BCUT2D eigenvalue weighted by molar-refractivity contribution is 0.685. The zero-order chi connectivity index (χ0) is 13.1. The molecule has 4 heteroatoms. The van der Waals surface area contributed by atoms with Gasteiger partial charge in [0.25, 0.3) is 0 Å². The fourth-order valence-corrected chi connectivity index (χ4v) is 3.15. The molecule has 0 radical (unpaired) electrons. The van der Waals surface area contributed by atoms with Gasteiger partial charge >= 0.3 is 0 Å². The van der Waals surface area contributed by atoms with Crippen LogP contribution in [0.4, 0.5) is 5.69 Å². The summed E-state index contributed by atoms with van der Waals surface area (Å²) in [7, 11) is 2.16. The Balaban J connectivity index is 1.51. The van der Waals surface area contributed by atoms with Gasteiger partial charge in [-0.25, -0.2) is 4.98 Å². The van der Waals surface area contributed by atoms with E-state index >= 15 is 0 Å². The lowest BCUT2D eigenvalue weighted by Crippen LogP contribution is -2.16. The normalized spacial score (nSPS) is 13.8. The van der Waals surface area contributed by atoms with E-state index in [0.29, 0.717) is 0 Å². The second kappa shape index (κ2) is 5.72. The van der Waals surface area contributed by atoms with Crippen LogP contribution in [-0.4, -0.2) is 25.1 Å². The average molecular weight is 273 g/mol. The van der Waals surface area contributed by atoms with Gasteiger partial charge in [0.1, 0.15) is 0 Å². The van der Waals surface area contributed by atoms with Gasteiger partial charge in [0, 0.05) is 50.4 Å². The summed E-state index contributed by atoms with van der Waals surface area (Å²) in [6.07, 6.45) is 4.07. The molecule has 2 heterocycles. The molecule has 0 saturated heterocycles. The van der Waals surface area contributed by atoms with Crippen molar-refractivity contribution in [2.24, 2.45) is 0 Å². The third kappa shape index (κ3) is 2.96. The predicted octanol–water partition coefficient (Wildman–Crippen LogP) is 2.47. The first-order chi connectivity index (χ1) is 9.33. The Morgan fingerprint density at radius 1 is 1.42 bits per heavy atom. The highest BCUT2D eigenvalue weighted by atomic mass is 32.1. The summed E-state index contributed by atoms with van der Waals surface area (Å²) in [5.41, 5.74) is 4.27. The van der Waals surface area contributed by atoms with Crippen LogP contribution < -0.4 is 10.2 Å². The van der Waals surface area contributed by atoms with Gasteiger partial charge in [-0.1, -0.05) is 12.1 Å². The second-order valence-corrected chi connectivity index (χ2v) is 5.97. The number of anilines is 1. The summed E-state index contributed by atoms with van der Waals surface area (Å²) < 4.78 is 0. The quantitative estimate of drug-likeness (QED) is 0.848. The lowest BCUT2D eigenvalue weighted by atomic mass is 10.1. The number of hydrogen-bond donors (Lipinski definition) is 1. The van der Waals surface area contributed by atoms with E-state index in [0.717, 1.165) is 26.1 Å². The predicted molar refractivity (Wildman–Crippen MR) is 80.9 cm³/mol. The third-order valence-electron chi connectivity index (χ3n) is 3.60. The maximum Gasteiger partial charge on any atom is 0.0937 e. The molecule has 0 saturated carbocycles. The minimum absolute atomic E-state index is 0.947. The van der Waals surface area contributed by atoms with Crippen LogP contribution in [0.15, 0.2) is 29.8 Å². The van der Waals surface area contributed by atoms with Crippen molar-refractivity contribution in [1.29, 1.82) is 0 Å². The van der Waals surface area contributed by atoms with Crippen molar-refractivity contribution in [2.75, 3.05) is 25.0 Å². The maximum atomic E-state index is 4.29. The molecule has 3 nitrogen and oxygen atoms in total. The molecule has 100 valence electrons. The number of hydrogen-bond acceptors (Lipinski definition) is 4. The molecule has 1 aliphatic heterocycles. The Labute approximate surface area is 118 Å². The number of rotatable bonds is 5. The lowest BCUT2D eigenvalue weighted by Gasteiger charge is -2.12. The number of benzene rings is 1. The van der Waals surface area contributed by atoms with Crippen molar-refractivity contribution in [1.82, 2.24) is 10.3 Å². The van der Waals surface area contributed by atoms with Crippen LogP contribution in [0.2, 0.25) is 0 Å². The number of nitrogens with zero attached hydrogens (tertiary/aromatic N) is 2. The molecule has 1 aromatic heterocycles. The van der Waals surface area contributed by atoms with E-state index in [1.807, 2.05) is 11.6 Å². The fourth-order valence-electron chi connectivity index (χ4n) is 2.53. The van der Waals surface area contributed by atoms with Crippen LogP contribution in [-0.2, 0) is 19.4 Å². The minimum Gasteiger partial charge on any atom is -0.374 e. The largest absolute Gasteiger partial charge is 0.374 e. The zero-order valence-corrected chi connectivity index (χ0v) is 12.0. The third-order valence-corrected chi connectivity index (χ3v) is 4.44. The molecule has 0 unspecified atom stereocenters. The summed E-state index contributed by atoms with van der Waals surface area (Å²) in [4.78, 5) is 6.62. The van der Waals surface area contributed by atoms with Gasteiger partial charge in [-0.3, -0.25) is 0 Å². The molecule has 0 aliphatic carbocycles. The molecule has 0 bridgehead atoms. The first-order valence-corrected chi connectivity index (χ1v) is 7.63. The van der Waals surface area contributed by atoms with Crippen molar-refractivity contribution in [3.05, 3.63) is 45.9 Å². The smallest absolute Gasteiger partial charge is 0.0937 e. The van der Waals surface area contributed by atoms with Gasteiger partial charge in [-0.2, -0.15) is 0 Å². The van der Waals surface area contributed by atoms with Gasteiger partial charge in [0.05, 0.1) is 5.01 Å². The van der Waals surface area contributed by atoms with Crippen molar-refractivity contribution < 1.29 is 0 Å². The Hall–Kier alpha value is -1.39. The molecule has 1 N–H and O–H groups in total. The number of fused-ring (bicyclic) bond motifs is 1. The van der Waals surface area contributed by atoms with Crippen LogP contribution in [0.3, 0.4) is 0 Å². The molecular formula is C15H19N3S. The number of likely N-dealkylation sites (N-methyl/N-ethyl adjacent to an activating group) is 1. The van der Waals surface area contributed by atoms with Crippen molar-refractivity contribution in [2.45, 2.75) is 19.4 Å². The highest BCUT2D eigenvalue weighted by Crippen LogP contribution is 2.27. The average Bonchev–Trinajstić information content (AvgIpc) is 3.05. The standard InChI is InChI=1S/C15H19N3S/c1-18-8-5-13-10-12(2-3-14(13)18)11-16-6-4-15-17-7-9-19-15/h2-3,7,9-10,16H,4-6,8,11H2,1H3. The Bertz CT molecular complexity index is 536. The molecule has 0 fully saturated rings. The van der Waals surface area contributed by atoms with Gasteiger partial charge in [0.2, 0.25) is 0 Å². The van der Waals surface area contributed by atoms with Crippen molar-refractivity contribution in [3.63, 3.8) is 0 Å². The van der Waals surface area contributed by atoms with E-state index in [1.165, 1.54) is 28.2 Å². The molecule has 3 rings (SSSR count). The second-order valence-electron chi connectivity index (χ2n) is 4.99. The Morgan fingerprint density at radius 3 is 3.21 bits per heavy atom. The summed E-state index contributed by atoms with van der Waals surface area (Å²) in [6.45, 7) is 3.09. The summed E-state index contributed by atoms with van der Waals surface area (Å²) in [6, 6.07) is 6.83. The highest BCUT2D eigenvalue weighted by molar-refractivity contribution is 7.09. The van der Waals surface area contributed by atoms with E-state index < -0.39 is 0 Å². The Kier molecular flexibility index (Phi) is 3.80. The maximum absolute atomic E-state index is 4.29. The van der Waals surface area contributed by atoms with Gasteiger partial charge < -0.3 is 10.2 Å². The van der Waals surface area contributed by atoms with E-state index in [4.69, 9.17) is 0 Å². The summed E-state index contributed by atoms with van der Waals surface area (Å²) in [5.74, 6) is 0. The van der Waals surface area contributed by atoms with Crippen LogP contribution in [0, 0.1) is 0 Å². The summed E-state index contributed by atoms with van der Waals surface area (Å²) >= 11 is 1.73. The van der Waals surface area contributed by atoms with E-state index in [2.05, 4.69) is 40.4 Å². The van der Waals surface area contributed by atoms with Crippen LogP contribution in [0.1, 0.15) is 16.1 Å². The summed E-state index contributed by atoms with van der Waals surface area (Å²) in [5, 5.41) is 6.74. The fraction of sp³-hybridized carbons (Fsp3) is 0.400. The SMILES string of the molecule is CN1CCc2cc(CNCCc3nccs3)ccc21. The first kappa shape index (κ1) is 12.6. The van der Waals surface area contributed by atoms with E-state index in [1.54, 1.807) is 11.3 Å². The molecule has 2 aromatic rings. The molecule has 0 spiro atoms. The molecule has 1 aliphatic rings. The zero-order valence-electron chi connectivity index (χ0n) is 11.2. The van der Waals surface area contributed by atoms with Gasteiger partial charge in [-0.05, 0) is 23.6 Å². The Morgan fingerprint density at radius 2 is 2.37 bits per heavy atom. The molecule has 1 aromatic carbocycles. The van der Waals surface area contributed by atoms with E-state index in [-0.39, 0.29) is 0 Å². The highest BCUT2D eigenvalue weighted by Gasteiger charge is 2.15. The topological polar surface area (TPSA) is 28.2 Å². The van der Waals surface area contributed by atoms with E-state index in [9.17, 15) is 0 Å². The van der Waals surface area contributed by atoms with Gasteiger partial charge in [0.15, 0.2) is 0 Å². The monoisotopic (exact) mass is 273 g/mol. The number of nitrogens with one attached hydrogen (secondary N) is 1. The molecule has 19 heavy (non-hydrogen) atoms. The molecule has 0 amide bonds. The van der Waals surface area contributed by atoms with Crippen LogP contribution in [0.5, 0.6) is 0 Å². The number of thiazole rings is 1. The number of aromatic nitrogens is 1.